The number of unbranched alkanes of at least 4 members (excludes halogenated alkanes) is 1. The SMILES string of the molecule is CC#CC[C@H](C)[C@H](O)/C=C/[C@@H]1[C@H]2CC(CCCCC(=O)N3CCCCC3)=C[C@H]2C[C@H]1O. The van der Waals surface area contributed by atoms with Crippen molar-refractivity contribution in [2.45, 2.75) is 90.3 Å². The second-order valence-electron chi connectivity index (χ2n) is 9.87. The molecule has 172 valence electrons. The monoisotopic (exact) mass is 427 g/mol. The van der Waals surface area contributed by atoms with E-state index in [0.29, 0.717) is 30.6 Å². The second kappa shape index (κ2) is 11.9. The molecule has 1 heterocycles. The third-order valence-electron chi connectivity index (χ3n) is 7.51. The van der Waals surface area contributed by atoms with Gasteiger partial charge in [-0.2, -0.15) is 0 Å². The Labute approximate surface area is 188 Å². The molecule has 31 heavy (non-hydrogen) atoms. The number of fused-ring (bicyclic) bond motifs is 1. The van der Waals surface area contributed by atoms with Crippen molar-refractivity contribution >= 4 is 5.91 Å². The number of aliphatic hydroxyl groups excluding tert-OH is 2. The zero-order valence-corrected chi connectivity index (χ0v) is 19.4. The summed E-state index contributed by atoms with van der Waals surface area (Å²) in [6, 6.07) is 0. The first-order valence-electron chi connectivity index (χ1n) is 12.4. The Hall–Kier alpha value is -1.57. The van der Waals surface area contributed by atoms with E-state index in [1.54, 1.807) is 0 Å². The second-order valence-corrected chi connectivity index (χ2v) is 9.87. The molecule has 1 saturated carbocycles. The van der Waals surface area contributed by atoms with Gasteiger partial charge in [-0.3, -0.25) is 4.79 Å². The minimum atomic E-state index is -0.515. The van der Waals surface area contributed by atoms with Gasteiger partial charge in [-0.15, -0.1) is 11.8 Å². The number of rotatable bonds is 9. The average molecular weight is 428 g/mol. The summed E-state index contributed by atoms with van der Waals surface area (Å²) in [7, 11) is 0. The van der Waals surface area contributed by atoms with E-state index in [0.717, 1.165) is 58.0 Å². The molecule has 3 aliphatic rings. The van der Waals surface area contributed by atoms with Gasteiger partial charge in [0.15, 0.2) is 0 Å². The highest BCUT2D eigenvalue weighted by Crippen LogP contribution is 2.48. The van der Waals surface area contributed by atoms with Gasteiger partial charge in [0.05, 0.1) is 12.2 Å². The van der Waals surface area contributed by atoms with Crippen molar-refractivity contribution in [2.24, 2.45) is 23.7 Å². The van der Waals surface area contributed by atoms with Crippen molar-refractivity contribution in [3.8, 4) is 11.8 Å². The van der Waals surface area contributed by atoms with Crippen LogP contribution in [0.3, 0.4) is 0 Å². The van der Waals surface area contributed by atoms with Gasteiger partial charge >= 0.3 is 0 Å². The molecule has 0 bridgehead atoms. The van der Waals surface area contributed by atoms with Crippen LogP contribution >= 0.6 is 0 Å². The number of carbonyl (C=O) groups is 1. The van der Waals surface area contributed by atoms with Crippen molar-refractivity contribution < 1.29 is 15.0 Å². The number of nitrogens with zero attached hydrogens (tertiary/aromatic N) is 1. The molecule has 6 atom stereocenters. The summed E-state index contributed by atoms with van der Waals surface area (Å²) in [5, 5.41) is 20.9. The molecule has 1 aliphatic heterocycles. The Morgan fingerprint density at radius 1 is 1.29 bits per heavy atom. The normalized spacial score (nSPS) is 29.9. The molecule has 0 spiro atoms. The van der Waals surface area contributed by atoms with Gasteiger partial charge in [-0.25, -0.2) is 0 Å². The molecule has 1 saturated heterocycles. The summed E-state index contributed by atoms with van der Waals surface area (Å²) in [5.74, 6) is 7.38. The van der Waals surface area contributed by atoms with Crippen LogP contribution < -0.4 is 0 Å². The van der Waals surface area contributed by atoms with Gasteiger partial charge in [0.1, 0.15) is 0 Å². The molecule has 3 rings (SSSR count). The van der Waals surface area contributed by atoms with Gasteiger partial charge in [0, 0.05) is 31.8 Å². The number of hydrogen-bond donors (Lipinski definition) is 2. The molecular formula is C27H41NO3. The number of carbonyl (C=O) groups excluding carboxylic acids is 1. The molecule has 0 aromatic rings. The first-order chi connectivity index (χ1) is 15.0. The van der Waals surface area contributed by atoms with Crippen molar-refractivity contribution in [3.63, 3.8) is 0 Å². The Morgan fingerprint density at radius 3 is 2.81 bits per heavy atom. The summed E-state index contributed by atoms with van der Waals surface area (Å²) in [6.45, 7) is 5.73. The van der Waals surface area contributed by atoms with Gasteiger partial charge in [-0.05, 0) is 76.0 Å². The van der Waals surface area contributed by atoms with E-state index in [2.05, 4.69) is 24.0 Å². The summed E-state index contributed by atoms with van der Waals surface area (Å²) in [5.41, 5.74) is 1.50. The molecule has 0 unspecified atom stereocenters. The van der Waals surface area contributed by atoms with E-state index >= 15 is 0 Å². The summed E-state index contributed by atoms with van der Waals surface area (Å²) < 4.78 is 0. The molecule has 2 aliphatic carbocycles. The number of aliphatic hydroxyl groups is 2. The Balaban J connectivity index is 1.41. The zero-order valence-electron chi connectivity index (χ0n) is 19.4. The van der Waals surface area contributed by atoms with Crippen LogP contribution in [0, 0.1) is 35.5 Å². The summed E-state index contributed by atoms with van der Waals surface area (Å²) in [6.07, 6.45) is 15.4. The number of piperidine rings is 1. The highest BCUT2D eigenvalue weighted by Gasteiger charge is 2.43. The highest BCUT2D eigenvalue weighted by molar-refractivity contribution is 5.76. The molecular weight excluding hydrogens is 386 g/mol. The topological polar surface area (TPSA) is 60.8 Å². The fourth-order valence-electron chi connectivity index (χ4n) is 5.54. The lowest BCUT2D eigenvalue weighted by molar-refractivity contribution is -0.132. The van der Waals surface area contributed by atoms with E-state index < -0.39 is 6.10 Å². The maximum Gasteiger partial charge on any atom is 0.222 e. The molecule has 2 N–H and O–H groups in total. The van der Waals surface area contributed by atoms with Crippen LogP contribution in [0.1, 0.15) is 78.1 Å². The largest absolute Gasteiger partial charge is 0.392 e. The van der Waals surface area contributed by atoms with Gasteiger partial charge in [-0.1, -0.05) is 30.7 Å². The van der Waals surface area contributed by atoms with Crippen LogP contribution in [0.5, 0.6) is 0 Å². The number of likely N-dealkylation sites (tertiary alicyclic amines) is 1. The lowest BCUT2D eigenvalue weighted by Gasteiger charge is -2.26. The summed E-state index contributed by atoms with van der Waals surface area (Å²) >= 11 is 0. The van der Waals surface area contributed by atoms with Crippen molar-refractivity contribution in [1.29, 1.82) is 0 Å². The van der Waals surface area contributed by atoms with Gasteiger partial charge in [0.25, 0.3) is 0 Å². The Bertz CT molecular complexity index is 710. The smallest absolute Gasteiger partial charge is 0.222 e. The van der Waals surface area contributed by atoms with E-state index in [1.807, 2.05) is 24.8 Å². The van der Waals surface area contributed by atoms with Gasteiger partial charge < -0.3 is 15.1 Å². The van der Waals surface area contributed by atoms with Crippen LogP contribution in [0.15, 0.2) is 23.8 Å². The number of allylic oxidation sites excluding steroid dienone is 2. The minimum absolute atomic E-state index is 0.1000. The quantitative estimate of drug-likeness (QED) is 0.324. The first kappa shape index (κ1) is 24.1. The van der Waals surface area contributed by atoms with Crippen LogP contribution in [0.2, 0.25) is 0 Å². The Morgan fingerprint density at radius 2 is 2.06 bits per heavy atom. The highest BCUT2D eigenvalue weighted by atomic mass is 16.3. The molecule has 2 fully saturated rings. The van der Waals surface area contributed by atoms with Crippen LogP contribution in [0.4, 0.5) is 0 Å². The van der Waals surface area contributed by atoms with Crippen molar-refractivity contribution in [3.05, 3.63) is 23.8 Å². The molecule has 4 heteroatoms. The third-order valence-corrected chi connectivity index (χ3v) is 7.51. The average Bonchev–Trinajstić information content (AvgIpc) is 3.30. The standard InChI is InChI=1S/C27H41NO3/c1-3-4-10-20(2)25(29)14-13-23-24-18-21(17-22(24)19-26(23)30)11-6-7-12-27(31)28-15-8-5-9-16-28/h13-14,17,20,22-26,29-30H,5-12,15-16,18-19H2,1-2H3/b14-13+/t20-,22-,23+,24-,25+,26+/m0/s1. The Kier molecular flexibility index (Phi) is 9.23. The van der Waals surface area contributed by atoms with Crippen LogP contribution in [-0.2, 0) is 4.79 Å². The summed E-state index contributed by atoms with van der Waals surface area (Å²) in [4.78, 5) is 14.4. The number of hydrogen-bond acceptors (Lipinski definition) is 3. The molecule has 0 radical (unpaired) electrons. The van der Waals surface area contributed by atoms with E-state index in [1.165, 1.54) is 12.0 Å². The fourth-order valence-corrected chi connectivity index (χ4v) is 5.54. The molecule has 0 aromatic carbocycles. The molecule has 1 amide bonds. The maximum atomic E-state index is 12.3. The maximum absolute atomic E-state index is 12.3. The molecule has 0 aromatic heterocycles. The van der Waals surface area contributed by atoms with Crippen LogP contribution in [0.25, 0.3) is 0 Å². The lowest BCUT2D eigenvalue weighted by atomic mass is 9.88. The van der Waals surface area contributed by atoms with Crippen LogP contribution in [-0.4, -0.2) is 46.3 Å². The van der Waals surface area contributed by atoms with Crippen molar-refractivity contribution in [2.75, 3.05) is 13.1 Å². The molecule has 4 nitrogen and oxygen atoms in total. The number of amides is 1. The fraction of sp³-hybridized carbons (Fsp3) is 0.741. The van der Waals surface area contributed by atoms with Gasteiger partial charge in [0.2, 0.25) is 5.91 Å². The third kappa shape index (κ3) is 6.70. The van der Waals surface area contributed by atoms with E-state index in [-0.39, 0.29) is 17.9 Å². The predicted molar refractivity (Wildman–Crippen MR) is 125 cm³/mol. The minimum Gasteiger partial charge on any atom is -0.392 e. The van der Waals surface area contributed by atoms with Crippen molar-refractivity contribution in [1.82, 2.24) is 4.90 Å². The zero-order chi connectivity index (χ0) is 22.2. The lowest BCUT2D eigenvalue weighted by Crippen LogP contribution is -2.35. The first-order valence-corrected chi connectivity index (χ1v) is 12.4. The predicted octanol–water partition coefficient (Wildman–Crippen LogP) is 4.47. The van der Waals surface area contributed by atoms with E-state index in [9.17, 15) is 15.0 Å². The van der Waals surface area contributed by atoms with E-state index in [4.69, 9.17) is 0 Å².